The van der Waals surface area contributed by atoms with Crippen LogP contribution in [0, 0.1) is 0 Å². The first-order valence-corrected chi connectivity index (χ1v) is 8.54. The van der Waals surface area contributed by atoms with Gasteiger partial charge in [-0.05, 0) is 48.6 Å². The van der Waals surface area contributed by atoms with Crippen molar-refractivity contribution in [2.24, 2.45) is 0 Å². The predicted octanol–water partition coefficient (Wildman–Crippen LogP) is 5.78. The number of hydrogen-bond acceptors (Lipinski definition) is 2. The zero-order valence-electron chi connectivity index (χ0n) is 11.3. The van der Waals surface area contributed by atoms with Crippen LogP contribution in [-0.2, 0) is 6.42 Å². The highest BCUT2D eigenvalue weighted by atomic mass is 35.5. The van der Waals surface area contributed by atoms with Crippen molar-refractivity contribution in [3.8, 4) is 0 Å². The molecule has 0 radical (unpaired) electrons. The van der Waals surface area contributed by atoms with E-state index in [9.17, 15) is 0 Å². The summed E-state index contributed by atoms with van der Waals surface area (Å²) in [5, 5.41) is 4.56. The molecule has 2 aromatic rings. The molecule has 1 nitrogen and oxygen atoms in total. The lowest BCUT2D eigenvalue weighted by atomic mass is 10.0. The van der Waals surface area contributed by atoms with Crippen molar-refractivity contribution in [1.82, 2.24) is 5.32 Å². The minimum atomic E-state index is 0.363. The SMILES string of the molecule is CCC(NC1CCc2sc(Cl)cc21)c1ccc(Cl)cc1. The van der Waals surface area contributed by atoms with Gasteiger partial charge in [0.25, 0.3) is 0 Å². The molecule has 2 atom stereocenters. The zero-order chi connectivity index (χ0) is 14.1. The summed E-state index contributed by atoms with van der Waals surface area (Å²) < 4.78 is 0.904. The lowest BCUT2D eigenvalue weighted by molar-refractivity contribution is 0.433. The highest BCUT2D eigenvalue weighted by Gasteiger charge is 2.26. The topological polar surface area (TPSA) is 12.0 Å². The first kappa shape index (κ1) is 14.4. The summed E-state index contributed by atoms with van der Waals surface area (Å²) in [5.41, 5.74) is 2.69. The Bertz CT molecular complexity index is 591. The van der Waals surface area contributed by atoms with E-state index in [1.165, 1.54) is 22.4 Å². The fourth-order valence-electron chi connectivity index (χ4n) is 2.89. The predicted molar refractivity (Wildman–Crippen MR) is 88.0 cm³/mol. The van der Waals surface area contributed by atoms with Crippen LogP contribution in [0.25, 0.3) is 0 Å². The smallest absolute Gasteiger partial charge is 0.0934 e. The van der Waals surface area contributed by atoms with Crippen LogP contribution in [0.2, 0.25) is 9.36 Å². The van der Waals surface area contributed by atoms with Crippen LogP contribution in [0.4, 0.5) is 0 Å². The summed E-state index contributed by atoms with van der Waals surface area (Å²) in [6, 6.07) is 11.1. The third-order valence-electron chi connectivity index (χ3n) is 3.93. The van der Waals surface area contributed by atoms with Crippen LogP contribution in [0.5, 0.6) is 0 Å². The van der Waals surface area contributed by atoms with E-state index in [2.05, 4.69) is 30.4 Å². The Morgan fingerprint density at radius 3 is 2.75 bits per heavy atom. The average molecular weight is 326 g/mol. The fourth-order valence-corrected chi connectivity index (χ4v) is 4.37. The molecule has 0 saturated heterocycles. The Hall–Kier alpha value is -0.540. The largest absolute Gasteiger partial charge is 0.303 e. The molecule has 4 heteroatoms. The number of benzene rings is 1. The number of rotatable bonds is 4. The number of thiophene rings is 1. The Labute approximate surface area is 133 Å². The molecule has 106 valence electrons. The third-order valence-corrected chi connectivity index (χ3v) is 5.52. The first-order chi connectivity index (χ1) is 9.67. The van der Waals surface area contributed by atoms with Crippen molar-refractivity contribution >= 4 is 34.5 Å². The number of halogens is 2. The van der Waals surface area contributed by atoms with Gasteiger partial charge in [0.15, 0.2) is 0 Å². The quantitative estimate of drug-likeness (QED) is 0.750. The second-order valence-electron chi connectivity index (χ2n) is 5.20. The normalized spacial score (nSPS) is 19.1. The molecule has 1 heterocycles. The van der Waals surface area contributed by atoms with Gasteiger partial charge in [0, 0.05) is 22.0 Å². The number of hydrogen-bond donors (Lipinski definition) is 1. The van der Waals surface area contributed by atoms with Gasteiger partial charge in [0.2, 0.25) is 0 Å². The van der Waals surface area contributed by atoms with Gasteiger partial charge in [-0.25, -0.2) is 0 Å². The molecule has 1 aromatic heterocycles. The lowest BCUT2D eigenvalue weighted by Gasteiger charge is -2.22. The molecule has 0 fully saturated rings. The molecular weight excluding hydrogens is 309 g/mol. The van der Waals surface area contributed by atoms with E-state index in [1.807, 2.05) is 12.1 Å². The molecule has 2 unspecified atom stereocenters. The zero-order valence-corrected chi connectivity index (χ0v) is 13.7. The molecule has 0 bridgehead atoms. The van der Waals surface area contributed by atoms with Crippen molar-refractivity contribution in [2.45, 2.75) is 38.3 Å². The highest BCUT2D eigenvalue weighted by Crippen LogP contribution is 2.40. The van der Waals surface area contributed by atoms with Gasteiger partial charge in [-0.1, -0.05) is 42.3 Å². The Kier molecular flexibility index (Phi) is 4.37. The van der Waals surface area contributed by atoms with Crippen molar-refractivity contribution < 1.29 is 0 Å². The summed E-state index contributed by atoms with van der Waals surface area (Å²) >= 11 is 13.8. The summed E-state index contributed by atoms with van der Waals surface area (Å²) in [5.74, 6) is 0. The van der Waals surface area contributed by atoms with Gasteiger partial charge < -0.3 is 5.32 Å². The monoisotopic (exact) mass is 325 g/mol. The van der Waals surface area contributed by atoms with Gasteiger partial charge in [-0.15, -0.1) is 11.3 Å². The van der Waals surface area contributed by atoms with Gasteiger partial charge in [0.05, 0.1) is 4.34 Å². The van der Waals surface area contributed by atoms with E-state index in [0.29, 0.717) is 12.1 Å². The molecule has 0 aliphatic heterocycles. The van der Waals surface area contributed by atoms with Crippen LogP contribution in [0.1, 0.15) is 47.9 Å². The molecule has 20 heavy (non-hydrogen) atoms. The summed E-state index contributed by atoms with van der Waals surface area (Å²) in [6.07, 6.45) is 3.37. The molecule has 0 amide bonds. The molecule has 0 saturated carbocycles. The number of fused-ring (bicyclic) bond motifs is 1. The second kappa shape index (κ2) is 6.07. The van der Waals surface area contributed by atoms with Crippen molar-refractivity contribution in [1.29, 1.82) is 0 Å². The Balaban J connectivity index is 1.77. The van der Waals surface area contributed by atoms with E-state index in [0.717, 1.165) is 22.2 Å². The maximum atomic E-state index is 6.12. The van der Waals surface area contributed by atoms with Crippen LogP contribution >= 0.6 is 34.5 Å². The van der Waals surface area contributed by atoms with E-state index in [1.54, 1.807) is 11.3 Å². The minimum Gasteiger partial charge on any atom is -0.303 e. The second-order valence-corrected chi connectivity index (χ2v) is 7.40. The number of nitrogens with one attached hydrogen (secondary N) is 1. The third kappa shape index (κ3) is 2.89. The van der Waals surface area contributed by atoms with E-state index in [4.69, 9.17) is 23.2 Å². The van der Waals surface area contributed by atoms with Crippen LogP contribution in [0.15, 0.2) is 30.3 Å². The molecule has 3 rings (SSSR count). The van der Waals surface area contributed by atoms with E-state index >= 15 is 0 Å². The van der Waals surface area contributed by atoms with Gasteiger partial charge in [-0.3, -0.25) is 0 Å². The summed E-state index contributed by atoms with van der Waals surface area (Å²) in [4.78, 5) is 1.44. The first-order valence-electron chi connectivity index (χ1n) is 6.97. The molecule has 1 aliphatic carbocycles. The standard InChI is InChI=1S/C16H17Cl2NS/c1-2-13(10-3-5-11(17)6-4-10)19-14-7-8-15-12(14)9-16(18)20-15/h3-6,9,13-14,19H,2,7-8H2,1H3. The molecule has 1 aliphatic rings. The molecule has 1 N–H and O–H groups in total. The molecule has 0 spiro atoms. The van der Waals surface area contributed by atoms with Gasteiger partial charge >= 0.3 is 0 Å². The van der Waals surface area contributed by atoms with Crippen LogP contribution < -0.4 is 5.32 Å². The van der Waals surface area contributed by atoms with Crippen molar-refractivity contribution in [3.63, 3.8) is 0 Å². The Morgan fingerprint density at radius 2 is 2.05 bits per heavy atom. The summed E-state index contributed by atoms with van der Waals surface area (Å²) in [6.45, 7) is 2.21. The van der Waals surface area contributed by atoms with Crippen LogP contribution in [0.3, 0.4) is 0 Å². The number of aryl methyl sites for hydroxylation is 1. The average Bonchev–Trinajstić information content (AvgIpc) is 2.97. The maximum absolute atomic E-state index is 6.12. The van der Waals surface area contributed by atoms with Gasteiger partial charge in [-0.2, -0.15) is 0 Å². The molecular formula is C16H17Cl2NS. The molecule has 1 aromatic carbocycles. The van der Waals surface area contributed by atoms with Gasteiger partial charge in [0.1, 0.15) is 0 Å². The summed E-state index contributed by atoms with van der Waals surface area (Å²) in [7, 11) is 0. The Morgan fingerprint density at radius 1 is 1.30 bits per heavy atom. The highest BCUT2D eigenvalue weighted by molar-refractivity contribution is 7.16. The minimum absolute atomic E-state index is 0.363. The fraction of sp³-hybridized carbons (Fsp3) is 0.375. The maximum Gasteiger partial charge on any atom is 0.0934 e. The van der Waals surface area contributed by atoms with E-state index in [-0.39, 0.29) is 0 Å². The van der Waals surface area contributed by atoms with Crippen molar-refractivity contribution in [2.75, 3.05) is 0 Å². The lowest BCUT2D eigenvalue weighted by Crippen LogP contribution is -2.24. The van der Waals surface area contributed by atoms with Crippen LogP contribution in [-0.4, -0.2) is 0 Å². The van der Waals surface area contributed by atoms with E-state index < -0.39 is 0 Å². The van der Waals surface area contributed by atoms with Crippen molar-refractivity contribution in [3.05, 3.63) is 55.7 Å².